The molecule has 0 saturated carbocycles. The van der Waals surface area contributed by atoms with E-state index < -0.39 is 4.70 Å². The molecule has 0 aliphatic carbocycles. The van der Waals surface area contributed by atoms with Crippen LogP contribution in [0.1, 0.15) is 0 Å². The Morgan fingerprint density at radius 3 is 1.40 bits per heavy atom. The largest absolute Gasteiger partial charge is 0.313 e. The van der Waals surface area contributed by atoms with Crippen molar-refractivity contribution in [3.63, 3.8) is 0 Å². The maximum absolute atomic E-state index is 8.98. The van der Waals surface area contributed by atoms with E-state index in [4.69, 9.17) is 4.79 Å². The van der Waals surface area contributed by atoms with Gasteiger partial charge in [0.05, 0.1) is 0 Å². The molecular formula is CBiCl2O. The number of halogens is 2. The fraction of sp³-hybridized carbons (Fsp3) is 0. The van der Waals surface area contributed by atoms with Gasteiger partial charge in [0, 0.05) is 26.2 Å². The van der Waals surface area contributed by atoms with Crippen LogP contribution in [0.3, 0.4) is 0 Å². The maximum atomic E-state index is 8.98. The van der Waals surface area contributed by atoms with Crippen molar-refractivity contribution in [3.05, 3.63) is 0 Å². The van der Waals surface area contributed by atoms with E-state index in [1.807, 2.05) is 0 Å². The topological polar surface area (TPSA) is 17.1 Å². The Kier molecular flexibility index (Phi) is 9.71. The first-order valence-corrected chi connectivity index (χ1v) is 1.34. The minimum absolute atomic E-state index is 0. The van der Waals surface area contributed by atoms with Gasteiger partial charge in [0.25, 0.3) is 0 Å². The van der Waals surface area contributed by atoms with Gasteiger partial charge in [0.1, 0.15) is 0 Å². The summed E-state index contributed by atoms with van der Waals surface area (Å²) in [5.74, 6) is 0. The molecule has 0 spiro atoms. The summed E-state index contributed by atoms with van der Waals surface area (Å²) in [6.45, 7) is 0. The molecule has 5 heavy (non-hydrogen) atoms. The first kappa shape index (κ1) is 9.46. The Labute approximate surface area is 58.8 Å². The molecule has 0 bridgehead atoms. The summed E-state index contributed by atoms with van der Waals surface area (Å²) >= 11 is 8.80. The van der Waals surface area contributed by atoms with E-state index in [-0.39, 0.29) is 26.2 Å². The Bertz CT molecular complexity index is 32.6. The fourth-order valence-corrected chi connectivity index (χ4v) is 0. The zero-order valence-electron chi connectivity index (χ0n) is 2.11. The molecule has 0 amide bonds. The molecule has 0 aromatic heterocycles. The van der Waals surface area contributed by atoms with Crippen molar-refractivity contribution in [1.29, 1.82) is 0 Å². The van der Waals surface area contributed by atoms with Gasteiger partial charge in [-0.25, -0.2) is 0 Å². The summed E-state index contributed by atoms with van der Waals surface area (Å²) < 4.78 is -0.889. The van der Waals surface area contributed by atoms with E-state index >= 15 is 0 Å². The van der Waals surface area contributed by atoms with Gasteiger partial charge in [-0.1, -0.05) is 0 Å². The van der Waals surface area contributed by atoms with Crippen molar-refractivity contribution in [3.8, 4) is 0 Å². The zero-order chi connectivity index (χ0) is 3.58. The van der Waals surface area contributed by atoms with Crippen LogP contribution in [0.15, 0.2) is 0 Å². The van der Waals surface area contributed by atoms with Gasteiger partial charge in [0.2, 0.25) is 0 Å². The van der Waals surface area contributed by atoms with Crippen molar-refractivity contribution >= 4 is 54.1 Å². The van der Waals surface area contributed by atoms with Crippen LogP contribution in [-0.4, -0.2) is 30.9 Å². The number of hydrogen-bond acceptors (Lipinski definition) is 1. The zero-order valence-corrected chi connectivity index (χ0v) is 7.10. The van der Waals surface area contributed by atoms with Crippen LogP contribution < -0.4 is 0 Å². The van der Waals surface area contributed by atoms with Gasteiger partial charge in [-0.2, -0.15) is 0 Å². The Morgan fingerprint density at radius 1 is 1.40 bits per heavy atom. The molecule has 0 aromatic carbocycles. The van der Waals surface area contributed by atoms with Gasteiger partial charge in [-0.3, -0.25) is 4.79 Å². The van der Waals surface area contributed by atoms with Crippen molar-refractivity contribution in [2.45, 2.75) is 0 Å². The van der Waals surface area contributed by atoms with Crippen LogP contribution in [0, 0.1) is 0 Å². The quantitative estimate of drug-likeness (QED) is 0.485. The third kappa shape index (κ3) is 39.2. The molecule has 0 aliphatic heterocycles. The van der Waals surface area contributed by atoms with Crippen molar-refractivity contribution in [1.82, 2.24) is 0 Å². The van der Waals surface area contributed by atoms with Crippen LogP contribution in [0.2, 0.25) is 0 Å². The predicted octanol–water partition coefficient (Wildman–Crippen LogP) is 1.20. The van der Waals surface area contributed by atoms with Crippen LogP contribution in [-0.2, 0) is 0 Å². The average molecular weight is 308 g/mol. The Morgan fingerprint density at radius 2 is 1.40 bits per heavy atom. The Hall–Kier alpha value is 1.13. The van der Waals surface area contributed by atoms with Crippen LogP contribution in [0.5, 0.6) is 0 Å². The first-order valence-electron chi connectivity index (χ1n) is 0.582. The van der Waals surface area contributed by atoms with E-state index in [9.17, 15) is 0 Å². The molecule has 0 unspecified atom stereocenters. The predicted molar refractivity (Wildman–Crippen MR) is 22.9 cm³/mol. The summed E-state index contributed by atoms with van der Waals surface area (Å²) in [6.07, 6.45) is 0. The number of carbonyl (C=O) groups is 1. The van der Waals surface area contributed by atoms with Crippen molar-refractivity contribution in [2.75, 3.05) is 0 Å². The minimum atomic E-state index is -0.889. The van der Waals surface area contributed by atoms with Gasteiger partial charge in [-0.15, -0.1) is 0 Å². The average Bonchev–Trinajstić information content (AvgIpc) is 0.811. The maximum Gasteiger partial charge on any atom is 0.313 e. The molecular weight excluding hydrogens is 308 g/mol. The second kappa shape index (κ2) is 5.13. The van der Waals surface area contributed by atoms with E-state index in [0.29, 0.717) is 0 Å². The van der Waals surface area contributed by atoms with Gasteiger partial charge in [0.15, 0.2) is 0 Å². The number of rotatable bonds is 0. The van der Waals surface area contributed by atoms with Gasteiger partial charge in [-0.05, 0) is 23.2 Å². The second-order valence-corrected chi connectivity index (χ2v) is 1.11. The third-order valence-corrected chi connectivity index (χ3v) is 0. The number of hydrogen-bond donors (Lipinski definition) is 0. The molecule has 4 heteroatoms. The molecule has 3 radical (unpaired) electrons. The Balaban J connectivity index is 0. The van der Waals surface area contributed by atoms with Gasteiger partial charge < -0.3 is 0 Å². The van der Waals surface area contributed by atoms with E-state index in [1.54, 1.807) is 0 Å². The molecule has 0 aliphatic rings. The van der Waals surface area contributed by atoms with E-state index in [2.05, 4.69) is 23.2 Å². The monoisotopic (exact) mass is 307 g/mol. The van der Waals surface area contributed by atoms with Crippen LogP contribution in [0.4, 0.5) is 4.79 Å². The van der Waals surface area contributed by atoms with Crippen LogP contribution >= 0.6 is 23.2 Å². The van der Waals surface area contributed by atoms with Crippen LogP contribution in [0.25, 0.3) is 0 Å². The molecule has 1 nitrogen and oxygen atoms in total. The summed E-state index contributed by atoms with van der Waals surface area (Å²) in [5, 5.41) is 0. The fourth-order valence-electron chi connectivity index (χ4n) is 0. The normalized spacial score (nSPS) is 5.20. The van der Waals surface area contributed by atoms with E-state index in [1.165, 1.54) is 0 Å². The molecule has 0 fully saturated rings. The third-order valence-electron chi connectivity index (χ3n) is 0. The molecule has 0 heterocycles. The molecule has 0 atom stereocenters. The summed E-state index contributed by atoms with van der Waals surface area (Å²) in [5.41, 5.74) is 0. The SMILES string of the molecule is O=C(Cl)Cl.[Bi]. The number of carbonyl (C=O) groups excluding carboxylic acids is 1. The summed E-state index contributed by atoms with van der Waals surface area (Å²) in [7, 11) is 0. The summed E-state index contributed by atoms with van der Waals surface area (Å²) in [4.78, 5) is 8.98. The second-order valence-electron chi connectivity index (χ2n) is 0.226. The smallest absolute Gasteiger partial charge is 0.262 e. The van der Waals surface area contributed by atoms with E-state index in [0.717, 1.165) is 0 Å². The standard InChI is InChI=1S/CCl2O.Bi/c2-1(3)4;. The molecule has 0 saturated heterocycles. The summed E-state index contributed by atoms with van der Waals surface area (Å²) in [6, 6.07) is 0. The van der Waals surface area contributed by atoms with Crippen molar-refractivity contribution in [2.24, 2.45) is 0 Å². The molecule has 29 valence electrons. The van der Waals surface area contributed by atoms with Gasteiger partial charge >= 0.3 is 4.70 Å². The molecule has 0 N–H and O–H groups in total. The first-order chi connectivity index (χ1) is 1.73. The minimum Gasteiger partial charge on any atom is -0.262 e. The van der Waals surface area contributed by atoms with Crippen molar-refractivity contribution < 1.29 is 4.79 Å². The molecule has 0 aromatic rings. The molecule has 0 rings (SSSR count).